The van der Waals surface area contributed by atoms with Crippen molar-refractivity contribution >= 4 is 48.4 Å². The summed E-state index contributed by atoms with van der Waals surface area (Å²) in [5.74, 6) is 0. The highest BCUT2D eigenvalue weighted by Gasteiger charge is 2.65. The van der Waals surface area contributed by atoms with Crippen molar-refractivity contribution in [3.05, 3.63) is 53.7 Å². The number of anilines is 1. The highest BCUT2D eigenvalue weighted by molar-refractivity contribution is 8.45. The molecule has 0 aliphatic heterocycles. The molecule has 1 aromatic heterocycles. The molecule has 26 heavy (non-hydrogen) atoms. The molecule has 0 saturated carbocycles. The Bertz CT molecular complexity index is 1110. The Balaban J connectivity index is 1.95. The quantitative estimate of drug-likeness (QED) is 0.476. The van der Waals surface area contributed by atoms with Gasteiger partial charge in [0.25, 0.3) is 10.0 Å². The van der Waals surface area contributed by atoms with Crippen LogP contribution in [0.2, 0.25) is 5.02 Å². The van der Waals surface area contributed by atoms with Crippen molar-refractivity contribution in [2.24, 2.45) is 0 Å². The first-order valence-corrected chi connectivity index (χ1v) is 10.6. The van der Waals surface area contributed by atoms with E-state index in [1.54, 1.807) is 0 Å². The Kier molecular flexibility index (Phi) is 3.65. The van der Waals surface area contributed by atoms with Crippen LogP contribution in [0.4, 0.5) is 25.1 Å². The van der Waals surface area contributed by atoms with E-state index in [0.29, 0.717) is 28.1 Å². The number of aromatic amines is 1. The molecule has 0 saturated heterocycles. The molecule has 0 aliphatic rings. The Morgan fingerprint density at radius 1 is 0.962 bits per heavy atom. The summed E-state index contributed by atoms with van der Waals surface area (Å²) in [6, 6.07) is 5.94. The fourth-order valence-electron chi connectivity index (χ4n) is 2.28. The Labute approximate surface area is 149 Å². The van der Waals surface area contributed by atoms with Crippen LogP contribution in [-0.4, -0.2) is 13.4 Å². The number of benzene rings is 2. The van der Waals surface area contributed by atoms with Gasteiger partial charge in [-0.15, -0.1) is 0 Å². The molecular formula is C14H10ClF5N2O2S2. The van der Waals surface area contributed by atoms with Crippen LogP contribution < -0.4 is 4.72 Å². The third-order valence-corrected chi connectivity index (χ3v) is 6.27. The second-order valence-corrected chi connectivity index (χ2v) is 9.94. The predicted molar refractivity (Wildman–Crippen MR) is 92.0 cm³/mol. The smallest absolute Gasteiger partial charge is 0.310 e. The van der Waals surface area contributed by atoms with Gasteiger partial charge in [0, 0.05) is 27.8 Å². The maximum atomic E-state index is 12.7. The molecule has 1 heterocycles. The van der Waals surface area contributed by atoms with Crippen molar-refractivity contribution in [3.8, 4) is 0 Å². The summed E-state index contributed by atoms with van der Waals surface area (Å²) in [6.07, 6.45) is 1.19. The fourth-order valence-corrected chi connectivity index (χ4v) is 4.34. The minimum absolute atomic E-state index is 0.133. The van der Waals surface area contributed by atoms with Gasteiger partial charge >= 0.3 is 10.2 Å². The van der Waals surface area contributed by atoms with Gasteiger partial charge in [-0.25, -0.2) is 8.42 Å². The number of sulfonamides is 1. The molecule has 0 fully saturated rings. The number of rotatable bonds is 4. The van der Waals surface area contributed by atoms with Gasteiger partial charge in [-0.1, -0.05) is 31.0 Å². The molecule has 2 aromatic carbocycles. The van der Waals surface area contributed by atoms with Gasteiger partial charge in [0.05, 0.1) is 0 Å². The zero-order chi connectivity index (χ0) is 19.4. The molecule has 4 nitrogen and oxygen atoms in total. The molecule has 0 spiro atoms. The monoisotopic (exact) mass is 432 g/mol. The first kappa shape index (κ1) is 18.8. The lowest BCUT2D eigenvalue weighted by atomic mass is 10.2. The fraction of sp³-hybridized carbons (Fsp3) is 0. The van der Waals surface area contributed by atoms with Gasteiger partial charge in [-0.3, -0.25) is 4.72 Å². The summed E-state index contributed by atoms with van der Waals surface area (Å²) < 4.78 is 90.4. The van der Waals surface area contributed by atoms with Crippen LogP contribution in [0, 0.1) is 0 Å². The molecule has 142 valence electrons. The van der Waals surface area contributed by atoms with E-state index in [-0.39, 0.29) is 22.7 Å². The zero-order valence-corrected chi connectivity index (χ0v) is 14.9. The Hall–Kier alpha value is -1.98. The van der Waals surface area contributed by atoms with E-state index in [1.807, 2.05) is 0 Å². The third kappa shape index (κ3) is 3.74. The van der Waals surface area contributed by atoms with Crippen molar-refractivity contribution in [2.75, 3.05) is 4.72 Å². The maximum Gasteiger partial charge on any atom is 0.310 e. The minimum atomic E-state index is -9.81. The number of fused-ring (bicyclic) bond motifs is 1. The van der Waals surface area contributed by atoms with Crippen LogP contribution >= 0.6 is 21.8 Å². The summed E-state index contributed by atoms with van der Waals surface area (Å²) in [6.45, 7) is 0. The van der Waals surface area contributed by atoms with Gasteiger partial charge in [0.2, 0.25) is 0 Å². The van der Waals surface area contributed by atoms with Crippen molar-refractivity contribution in [2.45, 2.75) is 9.79 Å². The second kappa shape index (κ2) is 5.05. The van der Waals surface area contributed by atoms with E-state index in [2.05, 4.69) is 9.71 Å². The van der Waals surface area contributed by atoms with Crippen molar-refractivity contribution in [1.29, 1.82) is 0 Å². The van der Waals surface area contributed by atoms with Gasteiger partial charge in [-0.2, -0.15) is 0 Å². The molecule has 12 heteroatoms. The Morgan fingerprint density at radius 2 is 1.58 bits per heavy atom. The van der Waals surface area contributed by atoms with Crippen molar-refractivity contribution in [3.63, 3.8) is 0 Å². The zero-order valence-electron chi connectivity index (χ0n) is 12.5. The SMILES string of the molecule is O=S(=O)(Nc1ccc(S(F)(F)(F)(F)F)cc1)c1c[nH]c2cc(Cl)ccc12. The van der Waals surface area contributed by atoms with E-state index in [0.717, 1.165) is 0 Å². The van der Waals surface area contributed by atoms with Crippen molar-refractivity contribution < 1.29 is 27.8 Å². The number of hydrogen-bond donors (Lipinski definition) is 2. The third-order valence-electron chi connectivity index (χ3n) is 3.45. The lowest BCUT2D eigenvalue weighted by Gasteiger charge is -2.40. The van der Waals surface area contributed by atoms with Gasteiger partial charge < -0.3 is 4.98 Å². The van der Waals surface area contributed by atoms with Crippen LogP contribution in [0.25, 0.3) is 10.9 Å². The largest absolute Gasteiger partial charge is 0.360 e. The summed E-state index contributed by atoms with van der Waals surface area (Å²) in [7, 11) is -14.0. The van der Waals surface area contributed by atoms with E-state index in [4.69, 9.17) is 11.6 Å². The maximum absolute atomic E-state index is 12.7. The molecule has 3 aromatic rings. The molecule has 0 amide bonds. The molecule has 0 radical (unpaired) electrons. The van der Waals surface area contributed by atoms with E-state index in [1.165, 1.54) is 24.4 Å². The number of nitrogens with one attached hydrogen (secondary N) is 2. The van der Waals surface area contributed by atoms with E-state index >= 15 is 0 Å². The standard InChI is InChI=1S/C14H10ClF5N2O2S2/c15-9-1-6-12-13(7-9)21-8-14(12)25(23,24)22-10-2-4-11(5-3-10)26(16,17,18,19)20/h1-8,21-22H. The number of halogens is 6. The Morgan fingerprint density at radius 3 is 2.15 bits per heavy atom. The lowest BCUT2D eigenvalue weighted by molar-refractivity contribution is 0.364. The summed E-state index contributed by atoms with van der Waals surface area (Å²) in [5, 5.41) is 0.688. The number of H-pyrrole nitrogens is 1. The normalized spacial score (nSPS) is 15.5. The van der Waals surface area contributed by atoms with E-state index in [9.17, 15) is 27.8 Å². The number of aromatic nitrogens is 1. The van der Waals surface area contributed by atoms with Gasteiger partial charge in [0.1, 0.15) is 9.79 Å². The molecular weight excluding hydrogens is 423 g/mol. The average Bonchev–Trinajstić information content (AvgIpc) is 2.88. The van der Waals surface area contributed by atoms with Crippen LogP contribution in [0.15, 0.2) is 58.5 Å². The first-order chi connectivity index (χ1) is 11.7. The molecule has 3 rings (SSSR count). The van der Waals surface area contributed by atoms with Gasteiger partial charge in [0.15, 0.2) is 0 Å². The van der Waals surface area contributed by atoms with Crippen LogP contribution in [0.5, 0.6) is 0 Å². The summed E-state index contributed by atoms with van der Waals surface area (Å²) >= 11 is 5.81. The molecule has 0 aliphatic carbocycles. The van der Waals surface area contributed by atoms with Crippen LogP contribution in [-0.2, 0) is 10.0 Å². The molecule has 0 atom stereocenters. The summed E-state index contributed by atoms with van der Waals surface area (Å²) in [4.78, 5) is 0.445. The van der Waals surface area contributed by atoms with Crippen LogP contribution in [0.1, 0.15) is 0 Å². The minimum Gasteiger partial charge on any atom is -0.360 e. The molecule has 0 bridgehead atoms. The number of hydrogen-bond acceptors (Lipinski definition) is 2. The lowest BCUT2D eigenvalue weighted by Crippen LogP contribution is -2.13. The average molecular weight is 433 g/mol. The molecule has 2 N–H and O–H groups in total. The highest BCUT2D eigenvalue weighted by Crippen LogP contribution is 3.02. The topological polar surface area (TPSA) is 62.0 Å². The highest BCUT2D eigenvalue weighted by atomic mass is 35.5. The first-order valence-electron chi connectivity index (χ1n) is 6.79. The second-order valence-electron chi connectivity index (χ2n) is 5.44. The predicted octanol–water partition coefficient (Wildman–Crippen LogP) is 6.28. The van der Waals surface area contributed by atoms with Crippen LogP contribution in [0.3, 0.4) is 0 Å². The van der Waals surface area contributed by atoms with Gasteiger partial charge in [-0.05, 0) is 42.5 Å². The summed E-state index contributed by atoms with van der Waals surface area (Å²) in [5.41, 5.74) is 0.146. The molecule has 0 unspecified atom stereocenters. The van der Waals surface area contributed by atoms with E-state index < -0.39 is 25.1 Å². The van der Waals surface area contributed by atoms with Crippen molar-refractivity contribution in [1.82, 2.24) is 4.98 Å².